The summed E-state index contributed by atoms with van der Waals surface area (Å²) in [6.07, 6.45) is 0. The van der Waals surface area contributed by atoms with Gasteiger partial charge in [-0.15, -0.1) is 0 Å². The molecule has 48 heavy (non-hydrogen) atoms. The van der Waals surface area contributed by atoms with Crippen LogP contribution in [0.3, 0.4) is 0 Å². The Labute approximate surface area is 253 Å². The second-order valence-corrected chi connectivity index (χ2v) is 8.64. The van der Waals surface area contributed by atoms with Crippen molar-refractivity contribution in [2.24, 2.45) is 0 Å². The van der Waals surface area contributed by atoms with Crippen LogP contribution in [-0.4, -0.2) is 132 Å². The minimum atomic E-state index is -5.16. The van der Waals surface area contributed by atoms with E-state index in [9.17, 15) is 120 Å². The molecule has 0 saturated carbocycles. The average Bonchev–Trinajstić information content (AvgIpc) is 2.92. The van der Waals surface area contributed by atoms with E-state index in [1.165, 1.54) is 0 Å². The minimum Gasteiger partial charge on any atom is -0.258 e. The fraction of sp³-hybridized carbons (Fsp3) is 1.00. The van der Waals surface area contributed by atoms with E-state index in [2.05, 4.69) is 0 Å². The summed E-state index contributed by atoms with van der Waals surface area (Å²) < 4.78 is 28.6. The third-order valence-corrected chi connectivity index (χ3v) is 5.68. The van der Waals surface area contributed by atoms with E-state index in [1.54, 1.807) is 0 Å². The van der Waals surface area contributed by atoms with Crippen LogP contribution in [0.1, 0.15) is 0 Å². The van der Waals surface area contributed by atoms with E-state index < -0.39 is 132 Å². The van der Waals surface area contributed by atoms with Crippen molar-refractivity contribution in [1.82, 2.24) is 15.0 Å². The van der Waals surface area contributed by atoms with Crippen molar-refractivity contribution in [2.45, 2.75) is 23.2 Å². The van der Waals surface area contributed by atoms with Gasteiger partial charge in [0.25, 0.3) is 13.1 Å². The molecule has 0 radical (unpaired) electrons. The second kappa shape index (κ2) is 14.2. The summed E-state index contributed by atoms with van der Waals surface area (Å²) >= 11 is 0. The Morgan fingerprint density at radius 3 is 0.625 bits per heavy atom. The first-order valence-corrected chi connectivity index (χ1v) is 10.8. The van der Waals surface area contributed by atoms with Crippen molar-refractivity contribution in [3.63, 3.8) is 0 Å². The van der Waals surface area contributed by atoms with Gasteiger partial charge in [0.1, 0.15) is 39.4 Å². The van der Waals surface area contributed by atoms with Gasteiger partial charge in [0, 0.05) is 0 Å². The van der Waals surface area contributed by atoms with Crippen LogP contribution < -0.4 is 0 Å². The molecule has 0 heterocycles. The molecule has 0 fully saturated rings. The number of hydrogen-bond donors (Lipinski definition) is 0. The number of rotatable bonds is 23. The lowest BCUT2D eigenvalue weighted by molar-refractivity contribution is -0.852. The second-order valence-electron chi connectivity index (χ2n) is 8.64. The Balaban J connectivity index is 7.30. The molecule has 0 N–H and O–H groups in total. The molecule has 0 aromatic carbocycles. The Morgan fingerprint density at radius 1 is 0.333 bits per heavy atom. The molecule has 0 unspecified atom stereocenters. The van der Waals surface area contributed by atoms with Crippen molar-refractivity contribution in [1.29, 1.82) is 0 Å². The van der Waals surface area contributed by atoms with E-state index in [0.717, 1.165) is 0 Å². The fourth-order valence-corrected chi connectivity index (χ4v) is 3.21. The molecule has 36 nitrogen and oxygen atoms in total. The average molecular weight is 718 g/mol. The number of hydrogen-bond acceptors (Lipinski definition) is 22. The van der Waals surface area contributed by atoms with Gasteiger partial charge in [0.05, 0.1) is 0 Å². The van der Waals surface area contributed by atoms with E-state index >= 15 is 0 Å². The molecular weight excluding hydrogens is 706 g/mol. The van der Waals surface area contributed by atoms with Crippen LogP contribution in [0, 0.1) is 111 Å². The smallest absolute Gasteiger partial charge is 0.258 e. The maximum absolute atomic E-state index is 14.3. The Morgan fingerprint density at radius 2 is 0.500 bits per heavy atom. The van der Waals surface area contributed by atoms with Crippen LogP contribution in [0.2, 0.25) is 0 Å². The lowest BCUT2D eigenvalue weighted by atomic mass is 10.1. The van der Waals surface area contributed by atoms with Gasteiger partial charge >= 0.3 is 23.2 Å². The summed E-state index contributed by atoms with van der Waals surface area (Å²) in [7, 11) is 0. The van der Waals surface area contributed by atoms with Gasteiger partial charge in [-0.25, -0.2) is 30.3 Å². The van der Waals surface area contributed by atoms with Gasteiger partial charge in [-0.05, 0) is 0 Å². The normalized spacial score (nSPS) is 11.8. The van der Waals surface area contributed by atoms with Gasteiger partial charge < -0.3 is 0 Å². The Kier molecular flexibility index (Phi) is 12.0. The maximum Gasteiger partial charge on any atom is 0.637 e. The lowest BCUT2D eigenvalue weighted by Gasteiger charge is -2.26. The van der Waals surface area contributed by atoms with Gasteiger partial charge in [-0.1, -0.05) is 23.8 Å². The third-order valence-electron chi connectivity index (χ3n) is 5.68. The molecule has 0 aliphatic heterocycles. The molecular formula is C10H12F2N14O22. The Bertz CT molecular complexity index is 1290. The zero-order valence-corrected chi connectivity index (χ0v) is 22.2. The molecule has 0 spiro atoms. The fourth-order valence-electron chi connectivity index (χ4n) is 3.21. The van der Waals surface area contributed by atoms with Crippen LogP contribution in [0.4, 0.5) is 8.78 Å². The van der Waals surface area contributed by atoms with E-state index in [-0.39, 0.29) is 0 Å². The van der Waals surface area contributed by atoms with E-state index in [0.29, 0.717) is 0 Å². The molecule has 0 amide bonds. The maximum atomic E-state index is 14.3. The van der Waals surface area contributed by atoms with Crippen molar-refractivity contribution in [2.75, 3.05) is 39.3 Å². The first-order valence-electron chi connectivity index (χ1n) is 10.8. The number of nitrogens with zero attached hydrogens (tertiary/aromatic N) is 14. The first-order chi connectivity index (χ1) is 21.6. The zero-order valence-electron chi connectivity index (χ0n) is 22.2. The molecule has 0 aliphatic rings. The molecule has 0 aromatic heterocycles. The summed E-state index contributed by atoms with van der Waals surface area (Å²) in [5.41, 5.74) is -9.36. The highest BCUT2D eigenvalue weighted by Crippen LogP contribution is 2.25. The standard InChI is InChI=1S/C10H12F2N14O22/c11-9(20(35)36,21(37)38)5-14(25(45)46)3-7(16(27)28,17(29)30)1-13(24(43)44)2-8(18(31)32,19(33)34)4-15(26(47)48)6-10(12,22(39)40)23(41)42/h1-6H2. The highest BCUT2D eigenvalue weighted by Gasteiger charge is 2.71. The highest BCUT2D eigenvalue weighted by molar-refractivity contribution is 4.80. The van der Waals surface area contributed by atoms with Gasteiger partial charge in [0.15, 0.2) is 15.1 Å². The molecule has 0 aromatic rings. The van der Waals surface area contributed by atoms with Gasteiger partial charge in [0.2, 0.25) is 26.2 Å². The van der Waals surface area contributed by atoms with Gasteiger partial charge in [-0.2, -0.15) is 0 Å². The number of hydrazine groups is 3. The SMILES string of the molecule is O=[N+]([O-])N(CC(F)([N+](=O)[O-])[N+](=O)[O-])CC(CN(CC(CN(CC(F)([N+](=O)[O-])[N+](=O)[O-])[N+](=O)[O-])([N+](=O)[O-])[N+](=O)[O-])[N+](=O)[O-])([N+](=O)[O-])[N+](=O)[O-]. The molecule has 0 atom stereocenters. The largest absolute Gasteiger partial charge is 0.637 e. The van der Waals surface area contributed by atoms with E-state index in [4.69, 9.17) is 0 Å². The zero-order chi connectivity index (χ0) is 38.3. The molecule has 0 aliphatic carbocycles. The summed E-state index contributed by atoms with van der Waals surface area (Å²) in [5, 5.41) is 114. The van der Waals surface area contributed by atoms with Crippen molar-refractivity contribution in [3.05, 3.63) is 111 Å². The van der Waals surface area contributed by atoms with Crippen molar-refractivity contribution >= 4 is 0 Å². The number of nitro groups is 11. The third kappa shape index (κ3) is 8.02. The van der Waals surface area contributed by atoms with Crippen molar-refractivity contribution in [3.8, 4) is 0 Å². The predicted molar refractivity (Wildman–Crippen MR) is 125 cm³/mol. The summed E-state index contributed by atoms with van der Waals surface area (Å²) in [6.45, 7) is -16.7. The summed E-state index contributed by atoms with van der Waals surface area (Å²) in [4.78, 5) is 105. The first kappa shape index (κ1) is 40.7. The quantitative estimate of drug-likeness (QED) is 0.0425. The topological polar surface area (TPSA) is 484 Å². The summed E-state index contributed by atoms with van der Waals surface area (Å²) in [5.74, 6) is -10.3. The monoisotopic (exact) mass is 718 g/mol. The van der Waals surface area contributed by atoms with Crippen LogP contribution in [-0.2, 0) is 0 Å². The lowest BCUT2D eigenvalue weighted by Crippen LogP contribution is -2.68. The summed E-state index contributed by atoms with van der Waals surface area (Å²) in [6, 6.07) is 0. The number of halogens is 2. The molecule has 0 bridgehead atoms. The van der Waals surface area contributed by atoms with Gasteiger partial charge in [-0.3, -0.25) is 80.9 Å². The van der Waals surface area contributed by atoms with Crippen LogP contribution >= 0.6 is 0 Å². The predicted octanol–water partition coefficient (Wildman–Crippen LogP) is -3.68. The van der Waals surface area contributed by atoms with Crippen LogP contribution in [0.5, 0.6) is 0 Å². The highest BCUT2D eigenvalue weighted by atomic mass is 19.2. The minimum absolute atomic E-state index is 1.26. The van der Waals surface area contributed by atoms with E-state index in [1.807, 2.05) is 0 Å². The van der Waals surface area contributed by atoms with Crippen LogP contribution in [0.15, 0.2) is 0 Å². The number of alkyl halides is 2. The molecule has 0 saturated heterocycles. The molecule has 0 rings (SSSR count). The van der Waals surface area contributed by atoms with Crippen molar-refractivity contribution < 1.29 is 63.3 Å². The molecule has 268 valence electrons. The Hall–Kier alpha value is -7.34. The molecule has 38 heteroatoms. The van der Waals surface area contributed by atoms with Crippen LogP contribution in [0.25, 0.3) is 0 Å².